The van der Waals surface area contributed by atoms with E-state index in [1.807, 2.05) is 72.8 Å². The molecule has 4 aromatic rings. The Hall–Kier alpha value is -6.08. The Balaban J connectivity index is 1.24. The fourth-order valence-corrected chi connectivity index (χ4v) is 9.70. The van der Waals surface area contributed by atoms with Crippen LogP contribution in [0.1, 0.15) is 35.1 Å². The van der Waals surface area contributed by atoms with Crippen molar-refractivity contribution in [2.75, 3.05) is 4.90 Å². The van der Waals surface area contributed by atoms with Crippen molar-refractivity contribution in [2.24, 2.45) is 29.6 Å². The van der Waals surface area contributed by atoms with Gasteiger partial charge in [-0.15, -0.1) is 0 Å². The average molecular weight is 686 g/mol. The van der Waals surface area contributed by atoms with Gasteiger partial charge in [-0.2, -0.15) is 0 Å². The lowest BCUT2D eigenvalue weighted by Gasteiger charge is -2.56. The van der Waals surface area contributed by atoms with E-state index in [4.69, 9.17) is 4.74 Å². The van der Waals surface area contributed by atoms with Gasteiger partial charge in [0.05, 0.1) is 29.2 Å². The Morgan fingerprint density at radius 1 is 0.846 bits per heavy atom. The third-order valence-electron chi connectivity index (χ3n) is 11.9. The van der Waals surface area contributed by atoms with Gasteiger partial charge < -0.3 is 9.84 Å². The standard InChI is InChI=1S/C45H35NO6/c1-2-26-13-15-31(16-14-26)46-43(50)34-19-18-33-36(40(34)44(46)51)23-37-42(49)35(27-9-5-3-6-10-27)24-39(48)45(37,30-11-7-4-8-12-30)41(33)29-21-28-22-32(47)17-20-38(28)52-25-29/h2-18,20,22,24-25,34,36-37,40-41,47H,1,19,21,23H2/t34-,36+,37-,40-,41-,45-/m0/s1. The largest absolute Gasteiger partial charge is 0.508 e. The third-order valence-corrected chi connectivity index (χ3v) is 11.9. The number of aromatic hydroxyl groups is 1. The van der Waals surface area contributed by atoms with Gasteiger partial charge in [0, 0.05) is 29.4 Å². The fraction of sp³-hybridized carbons (Fsp3) is 0.200. The van der Waals surface area contributed by atoms with Gasteiger partial charge in [0.1, 0.15) is 11.5 Å². The molecule has 7 heteroatoms. The second kappa shape index (κ2) is 12.0. The molecular weight excluding hydrogens is 650 g/mol. The molecule has 2 aliphatic heterocycles. The van der Waals surface area contributed by atoms with Gasteiger partial charge in [-0.25, -0.2) is 0 Å². The van der Waals surface area contributed by atoms with E-state index >= 15 is 9.59 Å². The Morgan fingerprint density at radius 3 is 2.31 bits per heavy atom. The lowest BCUT2D eigenvalue weighted by molar-refractivity contribution is -0.136. The summed E-state index contributed by atoms with van der Waals surface area (Å²) in [5.41, 5.74) is 4.16. The molecule has 2 heterocycles. The smallest absolute Gasteiger partial charge is 0.238 e. The number of nitrogens with zero attached hydrogens (tertiary/aromatic N) is 1. The molecule has 2 amide bonds. The molecule has 1 N–H and O–H groups in total. The van der Waals surface area contributed by atoms with Crippen LogP contribution in [-0.4, -0.2) is 28.5 Å². The minimum Gasteiger partial charge on any atom is -0.508 e. The molecule has 0 bridgehead atoms. The summed E-state index contributed by atoms with van der Waals surface area (Å²) in [4.78, 5) is 60.4. The predicted molar refractivity (Wildman–Crippen MR) is 197 cm³/mol. The molecule has 0 aromatic heterocycles. The summed E-state index contributed by atoms with van der Waals surface area (Å²) in [5, 5.41) is 10.4. The number of amides is 2. The first-order chi connectivity index (χ1) is 25.3. The number of ether oxygens (including phenoxy) is 1. The minimum atomic E-state index is -1.35. The first-order valence-corrected chi connectivity index (χ1v) is 17.7. The fourth-order valence-electron chi connectivity index (χ4n) is 9.70. The van der Waals surface area contributed by atoms with Crippen LogP contribution in [0.4, 0.5) is 5.69 Å². The van der Waals surface area contributed by atoms with E-state index < -0.39 is 35.0 Å². The molecule has 2 fully saturated rings. The normalized spacial score (nSPS) is 27.7. The zero-order valence-electron chi connectivity index (χ0n) is 28.3. The van der Waals surface area contributed by atoms with Crippen molar-refractivity contribution in [3.8, 4) is 11.5 Å². The van der Waals surface area contributed by atoms with Gasteiger partial charge in [-0.05, 0) is 77.4 Å². The van der Waals surface area contributed by atoms with E-state index in [0.29, 0.717) is 41.0 Å². The summed E-state index contributed by atoms with van der Waals surface area (Å²) in [6, 6.07) is 30.9. The number of imide groups is 1. The molecule has 0 radical (unpaired) electrons. The summed E-state index contributed by atoms with van der Waals surface area (Å²) in [6.45, 7) is 3.82. The van der Waals surface area contributed by atoms with Gasteiger partial charge in [0.2, 0.25) is 11.8 Å². The van der Waals surface area contributed by atoms with Crippen LogP contribution in [0, 0.1) is 29.6 Å². The number of ketones is 2. The summed E-state index contributed by atoms with van der Waals surface area (Å²) >= 11 is 0. The first kappa shape index (κ1) is 31.9. The van der Waals surface area contributed by atoms with Crippen LogP contribution >= 0.6 is 0 Å². The molecule has 9 rings (SSSR count). The van der Waals surface area contributed by atoms with Crippen molar-refractivity contribution >= 4 is 40.7 Å². The second-order valence-electron chi connectivity index (χ2n) is 14.4. The lowest BCUT2D eigenvalue weighted by atomic mass is 9.44. The Kier molecular flexibility index (Phi) is 7.36. The maximum Gasteiger partial charge on any atom is 0.238 e. The highest BCUT2D eigenvalue weighted by Crippen LogP contribution is 2.63. The Morgan fingerprint density at radius 2 is 1.58 bits per heavy atom. The number of allylic oxidation sites excluding steroid dienone is 5. The van der Waals surface area contributed by atoms with E-state index in [0.717, 1.165) is 22.3 Å². The maximum absolute atomic E-state index is 15.2. The highest BCUT2D eigenvalue weighted by molar-refractivity contribution is 6.31. The quantitative estimate of drug-likeness (QED) is 0.174. The van der Waals surface area contributed by atoms with Gasteiger partial charge in [0.15, 0.2) is 11.6 Å². The van der Waals surface area contributed by atoms with Crippen LogP contribution in [0.25, 0.3) is 11.6 Å². The van der Waals surface area contributed by atoms with Crippen molar-refractivity contribution in [1.29, 1.82) is 0 Å². The van der Waals surface area contributed by atoms with Crippen molar-refractivity contribution in [3.05, 3.63) is 162 Å². The molecule has 52 heavy (non-hydrogen) atoms. The molecular formula is C45H35NO6. The number of carbonyl (C=O) groups is 4. The van der Waals surface area contributed by atoms with Crippen molar-refractivity contribution in [3.63, 3.8) is 0 Å². The monoisotopic (exact) mass is 685 g/mol. The SMILES string of the molecule is C=Cc1ccc(N2C(=O)[C@H]3[C@H](CC=C4[C@H](C5=COc6ccc(O)cc6C5)[C@]5(c6ccccc6)C(=O)C=C(c6ccccc6)C(=O)[C@@H]5C[C@H]43)C2=O)cc1. The third kappa shape index (κ3) is 4.58. The highest BCUT2D eigenvalue weighted by atomic mass is 16.5. The van der Waals surface area contributed by atoms with Gasteiger partial charge in [-0.1, -0.05) is 97.1 Å². The zero-order chi connectivity index (χ0) is 35.7. The number of Topliss-reactive ketones (excluding diaryl/α,β-unsaturated/α-hetero) is 1. The van der Waals surface area contributed by atoms with Crippen molar-refractivity contribution < 1.29 is 29.0 Å². The second-order valence-corrected chi connectivity index (χ2v) is 14.4. The van der Waals surface area contributed by atoms with Crippen LogP contribution in [0.15, 0.2) is 139 Å². The number of fused-ring (bicyclic) bond motifs is 5. The summed E-state index contributed by atoms with van der Waals surface area (Å²) in [6.07, 6.45) is 7.87. The van der Waals surface area contributed by atoms with Gasteiger partial charge in [-0.3, -0.25) is 24.1 Å². The number of phenolic OH excluding ortho intramolecular Hbond substituents is 1. The molecule has 6 atom stereocenters. The van der Waals surface area contributed by atoms with Gasteiger partial charge >= 0.3 is 0 Å². The minimum absolute atomic E-state index is 0.0936. The zero-order valence-corrected chi connectivity index (χ0v) is 28.3. The first-order valence-electron chi connectivity index (χ1n) is 17.7. The molecule has 1 saturated carbocycles. The number of benzene rings is 4. The van der Waals surface area contributed by atoms with Crippen LogP contribution in [0.2, 0.25) is 0 Å². The average Bonchev–Trinajstić information content (AvgIpc) is 3.44. The van der Waals surface area contributed by atoms with Gasteiger partial charge in [0.25, 0.3) is 0 Å². The highest BCUT2D eigenvalue weighted by Gasteiger charge is 2.66. The van der Waals surface area contributed by atoms with Crippen molar-refractivity contribution in [2.45, 2.75) is 24.7 Å². The number of phenols is 1. The molecule has 7 nitrogen and oxygen atoms in total. The Bertz CT molecular complexity index is 2280. The molecule has 4 aromatic carbocycles. The molecule has 3 aliphatic carbocycles. The molecule has 5 aliphatic rings. The summed E-state index contributed by atoms with van der Waals surface area (Å²) < 4.78 is 6.21. The topological polar surface area (TPSA) is 101 Å². The number of hydrogen-bond donors (Lipinski definition) is 1. The predicted octanol–water partition coefficient (Wildman–Crippen LogP) is 7.42. The molecule has 0 unspecified atom stereocenters. The number of rotatable bonds is 5. The van der Waals surface area contributed by atoms with E-state index in [1.54, 1.807) is 42.7 Å². The van der Waals surface area contributed by atoms with E-state index in [9.17, 15) is 14.7 Å². The van der Waals surface area contributed by atoms with Crippen LogP contribution in [0.5, 0.6) is 11.5 Å². The maximum atomic E-state index is 15.2. The number of hydrogen-bond acceptors (Lipinski definition) is 6. The molecule has 256 valence electrons. The van der Waals surface area contributed by atoms with Crippen LogP contribution in [-0.2, 0) is 31.0 Å². The summed E-state index contributed by atoms with van der Waals surface area (Å²) in [7, 11) is 0. The van der Waals surface area contributed by atoms with Crippen LogP contribution in [0.3, 0.4) is 0 Å². The van der Waals surface area contributed by atoms with Crippen molar-refractivity contribution in [1.82, 2.24) is 0 Å². The lowest BCUT2D eigenvalue weighted by Crippen LogP contribution is -2.60. The summed E-state index contributed by atoms with van der Waals surface area (Å²) in [5.74, 6) is -3.50. The van der Waals surface area contributed by atoms with Crippen LogP contribution < -0.4 is 9.64 Å². The number of anilines is 1. The van der Waals surface area contributed by atoms with E-state index in [-0.39, 0.29) is 35.6 Å². The van der Waals surface area contributed by atoms with E-state index in [2.05, 4.69) is 12.7 Å². The molecule has 1 saturated heterocycles. The Labute approximate surface area is 301 Å². The van der Waals surface area contributed by atoms with E-state index in [1.165, 1.54) is 11.0 Å². The molecule has 0 spiro atoms. The number of carbonyl (C=O) groups excluding carboxylic acids is 4.